The molecule has 0 saturated carbocycles. The molecule has 1 aromatic carbocycles. The second-order valence-corrected chi connectivity index (χ2v) is 8.33. The van der Waals surface area contributed by atoms with Crippen LogP contribution in [0.1, 0.15) is 24.8 Å². The molecule has 0 amide bonds. The first-order chi connectivity index (χ1) is 14.4. The van der Waals surface area contributed by atoms with Crippen LogP contribution in [-0.2, 0) is 6.54 Å². The van der Waals surface area contributed by atoms with Crippen molar-refractivity contribution in [2.75, 3.05) is 6.54 Å². The van der Waals surface area contributed by atoms with Crippen molar-refractivity contribution >= 4 is 47.4 Å². The summed E-state index contributed by atoms with van der Waals surface area (Å²) >= 11 is 6.10. The topological polar surface area (TPSA) is 100 Å². The molecule has 0 radical (unpaired) electrons. The number of hydrogen-bond acceptors (Lipinski definition) is 6. The lowest BCUT2D eigenvalue weighted by Gasteiger charge is -2.30. The number of aliphatic hydroxyl groups excluding tert-OH is 2. The number of rotatable bonds is 5. The summed E-state index contributed by atoms with van der Waals surface area (Å²) < 4.78 is 1.39. The van der Waals surface area contributed by atoms with Crippen LogP contribution in [0.4, 0.5) is 0 Å². The number of hydrogen-bond donors (Lipinski definition) is 3. The van der Waals surface area contributed by atoms with Crippen LogP contribution in [0.25, 0.3) is 22.3 Å². The molecular weight excluding hydrogens is 475 g/mol. The maximum Gasteiger partial charge on any atom is 0.279 e. The predicted octanol–water partition coefficient (Wildman–Crippen LogP) is 3.13. The van der Waals surface area contributed by atoms with Crippen LogP contribution in [-0.4, -0.2) is 49.5 Å². The molecule has 3 atom stereocenters. The Kier molecular flexibility index (Phi) is 9.45. The van der Waals surface area contributed by atoms with E-state index in [0.717, 1.165) is 30.5 Å². The van der Waals surface area contributed by atoms with Crippen LogP contribution >= 0.6 is 36.4 Å². The van der Waals surface area contributed by atoms with Crippen molar-refractivity contribution in [3.05, 3.63) is 57.6 Å². The van der Waals surface area contributed by atoms with E-state index in [1.54, 1.807) is 12.1 Å². The van der Waals surface area contributed by atoms with Crippen LogP contribution in [0.3, 0.4) is 0 Å². The van der Waals surface area contributed by atoms with Crippen molar-refractivity contribution < 1.29 is 10.2 Å². The van der Waals surface area contributed by atoms with E-state index in [1.165, 1.54) is 10.9 Å². The predicted molar refractivity (Wildman–Crippen MR) is 131 cm³/mol. The van der Waals surface area contributed by atoms with E-state index in [-0.39, 0.29) is 48.5 Å². The van der Waals surface area contributed by atoms with Gasteiger partial charge in [0.25, 0.3) is 5.56 Å². The van der Waals surface area contributed by atoms with Crippen molar-refractivity contribution in [1.82, 2.24) is 19.9 Å². The lowest BCUT2D eigenvalue weighted by Crippen LogP contribution is -2.47. The molecule has 0 spiro atoms. The van der Waals surface area contributed by atoms with Gasteiger partial charge >= 0.3 is 0 Å². The van der Waals surface area contributed by atoms with Gasteiger partial charge in [-0.15, -0.1) is 24.8 Å². The van der Waals surface area contributed by atoms with Crippen molar-refractivity contribution in [3.63, 3.8) is 0 Å². The first-order valence-corrected chi connectivity index (χ1v) is 10.5. The van der Waals surface area contributed by atoms with Gasteiger partial charge in [0.2, 0.25) is 0 Å². The van der Waals surface area contributed by atoms with Crippen LogP contribution in [0.5, 0.6) is 0 Å². The fraction of sp³-hybridized carbons (Fsp3) is 0.409. The van der Waals surface area contributed by atoms with E-state index in [0.29, 0.717) is 22.7 Å². The monoisotopic (exact) mass is 500 g/mol. The molecule has 3 aromatic rings. The summed E-state index contributed by atoms with van der Waals surface area (Å²) in [7, 11) is 0. The van der Waals surface area contributed by atoms with Crippen LogP contribution in [0.15, 0.2) is 41.5 Å². The molecule has 3 heterocycles. The second kappa shape index (κ2) is 11.4. The number of aromatic nitrogens is 3. The van der Waals surface area contributed by atoms with Gasteiger partial charge in [-0.3, -0.25) is 9.36 Å². The maximum absolute atomic E-state index is 13.1. The third kappa shape index (κ3) is 5.78. The van der Waals surface area contributed by atoms with Gasteiger partial charge in [0, 0.05) is 16.6 Å². The Labute approximate surface area is 203 Å². The van der Waals surface area contributed by atoms with Gasteiger partial charge in [-0.25, -0.2) is 9.97 Å². The Morgan fingerprint density at radius 2 is 2.06 bits per heavy atom. The fourth-order valence-electron chi connectivity index (χ4n) is 3.99. The Morgan fingerprint density at radius 3 is 2.78 bits per heavy atom. The van der Waals surface area contributed by atoms with Crippen LogP contribution in [0, 0.1) is 6.92 Å². The minimum Gasteiger partial charge on any atom is -0.392 e. The molecule has 1 aliphatic rings. The first kappa shape index (κ1) is 26.5. The minimum absolute atomic E-state index is 0. The van der Waals surface area contributed by atoms with Gasteiger partial charge < -0.3 is 15.5 Å². The first-order valence-electron chi connectivity index (χ1n) is 10.1. The lowest BCUT2D eigenvalue weighted by molar-refractivity contribution is 0.0539. The molecule has 0 bridgehead atoms. The molecule has 174 valence electrons. The number of piperidine rings is 1. The SMILES string of the molecule is Cc1cc(-c2cccc(Cl)c2)nc2c(=O)n(C[C@@H](O)C[C@H]3NCCC[C@@H]3O)cnc12.Cl.Cl. The average Bonchev–Trinajstić information content (AvgIpc) is 2.72. The van der Waals surface area contributed by atoms with Crippen LogP contribution < -0.4 is 10.9 Å². The molecule has 2 aromatic heterocycles. The molecule has 0 unspecified atom stereocenters. The number of pyridine rings is 1. The zero-order chi connectivity index (χ0) is 21.3. The zero-order valence-electron chi connectivity index (χ0n) is 17.6. The molecule has 7 nitrogen and oxygen atoms in total. The van der Waals surface area contributed by atoms with E-state index in [2.05, 4.69) is 15.3 Å². The van der Waals surface area contributed by atoms with Crippen molar-refractivity contribution in [3.8, 4) is 11.3 Å². The highest BCUT2D eigenvalue weighted by molar-refractivity contribution is 6.30. The van der Waals surface area contributed by atoms with Crippen molar-refractivity contribution in [1.29, 1.82) is 0 Å². The quantitative estimate of drug-likeness (QED) is 0.497. The number of fused-ring (bicyclic) bond motifs is 1. The molecular formula is C22H27Cl3N4O3. The summed E-state index contributed by atoms with van der Waals surface area (Å²) in [6, 6.07) is 9.03. The minimum atomic E-state index is -0.788. The molecule has 32 heavy (non-hydrogen) atoms. The van der Waals surface area contributed by atoms with Gasteiger partial charge in [-0.2, -0.15) is 0 Å². The van der Waals surface area contributed by atoms with Crippen molar-refractivity contribution in [2.45, 2.75) is 51.0 Å². The highest BCUT2D eigenvalue weighted by Gasteiger charge is 2.25. The number of nitrogens with one attached hydrogen (secondary N) is 1. The second-order valence-electron chi connectivity index (χ2n) is 7.89. The number of benzene rings is 1. The summed E-state index contributed by atoms with van der Waals surface area (Å²) in [4.78, 5) is 22.0. The largest absolute Gasteiger partial charge is 0.392 e. The smallest absolute Gasteiger partial charge is 0.279 e. The maximum atomic E-state index is 13.1. The summed E-state index contributed by atoms with van der Waals surface area (Å²) in [5.74, 6) is 0. The summed E-state index contributed by atoms with van der Waals surface area (Å²) in [5.41, 5.74) is 2.81. The van der Waals surface area contributed by atoms with Gasteiger partial charge in [0.1, 0.15) is 0 Å². The summed E-state index contributed by atoms with van der Waals surface area (Å²) in [6.07, 6.45) is 2.18. The van der Waals surface area contributed by atoms with E-state index in [1.807, 2.05) is 25.1 Å². The summed E-state index contributed by atoms with van der Waals surface area (Å²) in [5, 5.41) is 24.4. The zero-order valence-corrected chi connectivity index (χ0v) is 20.0. The third-order valence-corrected chi connectivity index (χ3v) is 5.81. The van der Waals surface area contributed by atoms with Gasteiger partial charge in [-0.1, -0.05) is 23.7 Å². The highest BCUT2D eigenvalue weighted by Crippen LogP contribution is 2.24. The Morgan fingerprint density at radius 1 is 1.28 bits per heavy atom. The molecule has 0 aliphatic carbocycles. The molecule has 1 saturated heterocycles. The molecule has 1 fully saturated rings. The molecule has 10 heteroatoms. The standard InChI is InChI=1S/C22H25ClN4O3.2ClH/c1-13-8-17(14-4-2-5-15(23)9-14)26-21-20(13)25-12-27(22(21)30)11-16(28)10-18-19(29)6-3-7-24-18;;/h2,4-5,8-9,12,16,18-19,24,28-29H,3,6-7,10-11H2,1H3;2*1H/t16-,18+,19-;;/m0../s1. The Bertz CT molecular complexity index is 1130. The molecule has 4 rings (SSSR count). The van der Waals surface area contributed by atoms with Gasteiger partial charge in [-0.05, 0) is 56.5 Å². The van der Waals surface area contributed by atoms with E-state index >= 15 is 0 Å². The number of halogens is 3. The van der Waals surface area contributed by atoms with E-state index in [4.69, 9.17) is 11.6 Å². The molecule has 3 N–H and O–H groups in total. The number of aryl methyl sites for hydroxylation is 1. The number of aliphatic hydroxyl groups is 2. The van der Waals surface area contributed by atoms with Gasteiger partial charge in [0.05, 0.1) is 36.3 Å². The van der Waals surface area contributed by atoms with Gasteiger partial charge in [0.15, 0.2) is 5.52 Å². The lowest BCUT2D eigenvalue weighted by atomic mass is 9.96. The fourth-order valence-corrected chi connectivity index (χ4v) is 4.18. The van der Waals surface area contributed by atoms with Crippen LogP contribution in [0.2, 0.25) is 5.02 Å². The summed E-state index contributed by atoms with van der Waals surface area (Å²) in [6.45, 7) is 2.80. The number of nitrogens with zero attached hydrogens (tertiary/aromatic N) is 3. The average molecular weight is 502 g/mol. The third-order valence-electron chi connectivity index (χ3n) is 5.57. The van der Waals surface area contributed by atoms with E-state index in [9.17, 15) is 15.0 Å². The Balaban J connectivity index is 0.00000181. The highest BCUT2D eigenvalue weighted by atomic mass is 35.5. The Hall–Kier alpha value is -1.74. The normalized spacial score (nSPS) is 19.1. The molecule has 1 aliphatic heterocycles. The van der Waals surface area contributed by atoms with E-state index < -0.39 is 12.2 Å². The van der Waals surface area contributed by atoms with Crippen molar-refractivity contribution in [2.24, 2.45) is 0 Å².